The third kappa shape index (κ3) is 6.11. The highest BCUT2D eigenvalue weighted by atomic mass is 31.1. The van der Waals surface area contributed by atoms with E-state index in [9.17, 15) is 0 Å². The molecule has 2 heteroatoms. The third-order valence-electron chi connectivity index (χ3n) is 5.15. The fourth-order valence-corrected chi connectivity index (χ4v) is 8.92. The average molecular weight is 367 g/mol. The van der Waals surface area contributed by atoms with Crippen molar-refractivity contribution in [2.75, 3.05) is 0 Å². The lowest BCUT2D eigenvalue weighted by atomic mass is 10.0. The van der Waals surface area contributed by atoms with Gasteiger partial charge in [0.05, 0.1) is 0 Å². The Bertz CT molecular complexity index is 456. The molecule has 0 saturated carbocycles. The van der Waals surface area contributed by atoms with Crippen molar-refractivity contribution in [3.8, 4) is 0 Å². The van der Waals surface area contributed by atoms with Gasteiger partial charge in [-0.05, 0) is 71.1 Å². The monoisotopic (exact) mass is 366 g/mol. The molecule has 0 atom stereocenters. The Morgan fingerprint density at radius 3 is 1.12 bits per heavy atom. The van der Waals surface area contributed by atoms with E-state index in [0.29, 0.717) is 0 Å². The second-order valence-electron chi connectivity index (χ2n) is 8.42. The molecule has 1 aromatic rings. The van der Waals surface area contributed by atoms with Crippen LogP contribution in [-0.4, -0.2) is 22.6 Å². The highest BCUT2D eigenvalue weighted by molar-refractivity contribution is 7.58. The number of benzene rings is 1. The summed E-state index contributed by atoms with van der Waals surface area (Å²) in [6.07, 6.45) is 2.59. The van der Waals surface area contributed by atoms with Gasteiger partial charge in [-0.1, -0.05) is 83.4 Å². The van der Waals surface area contributed by atoms with Crippen LogP contribution < -0.4 is 0 Å². The molecule has 0 saturated heterocycles. The lowest BCUT2D eigenvalue weighted by molar-refractivity contribution is 0.987. The molecule has 0 aliphatic rings. The van der Waals surface area contributed by atoms with Gasteiger partial charge in [-0.2, -0.15) is 0 Å². The van der Waals surface area contributed by atoms with E-state index in [0.717, 1.165) is 22.6 Å². The number of aryl methyl sites for hydroxylation is 2. The molecule has 0 N–H and O–H groups in total. The van der Waals surface area contributed by atoms with Crippen LogP contribution in [0.2, 0.25) is 0 Å². The Kier molecular flexibility index (Phi) is 8.93. The quantitative estimate of drug-likeness (QED) is 0.410. The summed E-state index contributed by atoms with van der Waals surface area (Å²) >= 11 is 0. The molecule has 1 rings (SSSR count). The standard InChI is InChI=1S/C22H40P2/c1-15(2)23(16(3)4)13-21-12-22(20(10)11-19(21)9)14-24(17(5)6)18(7)8/h11-12,15-18H,13-14H2,1-10H3. The van der Waals surface area contributed by atoms with Gasteiger partial charge in [0.25, 0.3) is 0 Å². The molecule has 0 fully saturated rings. The van der Waals surface area contributed by atoms with Crippen LogP contribution in [0.25, 0.3) is 0 Å². The fourth-order valence-electron chi connectivity index (χ4n) is 3.61. The maximum absolute atomic E-state index is 2.57. The molecule has 1 aromatic carbocycles. The van der Waals surface area contributed by atoms with E-state index in [-0.39, 0.29) is 15.8 Å². The van der Waals surface area contributed by atoms with Crippen molar-refractivity contribution < 1.29 is 0 Å². The minimum atomic E-state index is 0.0669. The first kappa shape index (κ1) is 22.1. The summed E-state index contributed by atoms with van der Waals surface area (Å²) in [7, 11) is 0.134. The average Bonchev–Trinajstić information content (AvgIpc) is 2.43. The van der Waals surface area contributed by atoms with Gasteiger partial charge in [0, 0.05) is 0 Å². The molecule has 0 spiro atoms. The lowest BCUT2D eigenvalue weighted by Crippen LogP contribution is -2.09. The molecule has 0 heterocycles. The molecule has 0 aliphatic heterocycles. The van der Waals surface area contributed by atoms with Crippen LogP contribution in [0.15, 0.2) is 12.1 Å². The Labute approximate surface area is 154 Å². The number of hydrogen-bond donors (Lipinski definition) is 0. The second kappa shape index (κ2) is 9.69. The van der Waals surface area contributed by atoms with Crippen molar-refractivity contribution in [2.24, 2.45) is 0 Å². The highest BCUT2D eigenvalue weighted by Crippen LogP contribution is 2.51. The maximum Gasteiger partial charge on any atom is -0.00658 e. The summed E-state index contributed by atoms with van der Waals surface area (Å²) in [4.78, 5) is 0. The zero-order valence-electron chi connectivity index (χ0n) is 17.8. The van der Waals surface area contributed by atoms with Crippen molar-refractivity contribution in [2.45, 2.75) is 104 Å². The van der Waals surface area contributed by atoms with Gasteiger partial charge in [-0.25, -0.2) is 0 Å². The molecule has 138 valence electrons. The van der Waals surface area contributed by atoms with Crippen LogP contribution >= 0.6 is 15.8 Å². The fraction of sp³-hybridized carbons (Fsp3) is 0.727. The number of hydrogen-bond acceptors (Lipinski definition) is 0. The molecular weight excluding hydrogens is 326 g/mol. The van der Waals surface area contributed by atoms with E-state index >= 15 is 0 Å². The molecule has 0 radical (unpaired) electrons. The highest BCUT2D eigenvalue weighted by Gasteiger charge is 2.21. The van der Waals surface area contributed by atoms with Crippen LogP contribution in [0.1, 0.15) is 77.6 Å². The van der Waals surface area contributed by atoms with Gasteiger partial charge < -0.3 is 0 Å². The second-order valence-corrected chi connectivity index (χ2v) is 15.2. The van der Waals surface area contributed by atoms with Crippen molar-refractivity contribution >= 4 is 15.8 Å². The van der Waals surface area contributed by atoms with E-state index in [4.69, 9.17) is 0 Å². The minimum absolute atomic E-state index is 0.0669. The van der Waals surface area contributed by atoms with Gasteiger partial charge in [-0.15, -0.1) is 0 Å². The molecule has 0 nitrogen and oxygen atoms in total. The molecule has 0 aromatic heterocycles. The first-order valence-corrected chi connectivity index (χ1v) is 13.0. The topological polar surface area (TPSA) is 0 Å². The Hall–Kier alpha value is 0.0800. The van der Waals surface area contributed by atoms with Gasteiger partial charge >= 0.3 is 0 Å². The molecular formula is C22H40P2. The van der Waals surface area contributed by atoms with Crippen molar-refractivity contribution in [3.05, 3.63) is 34.4 Å². The predicted molar refractivity (Wildman–Crippen MR) is 118 cm³/mol. The van der Waals surface area contributed by atoms with Crippen LogP contribution in [0, 0.1) is 13.8 Å². The van der Waals surface area contributed by atoms with Gasteiger partial charge in [0.2, 0.25) is 0 Å². The smallest absolute Gasteiger partial charge is 0.00658 e. The Morgan fingerprint density at radius 1 is 0.583 bits per heavy atom. The van der Waals surface area contributed by atoms with E-state index < -0.39 is 0 Å². The van der Waals surface area contributed by atoms with Crippen LogP contribution in [0.4, 0.5) is 0 Å². The van der Waals surface area contributed by atoms with Gasteiger partial charge in [0.15, 0.2) is 0 Å². The van der Waals surface area contributed by atoms with Crippen molar-refractivity contribution in [3.63, 3.8) is 0 Å². The van der Waals surface area contributed by atoms with E-state index in [1.165, 1.54) is 23.5 Å². The van der Waals surface area contributed by atoms with Crippen LogP contribution in [0.3, 0.4) is 0 Å². The summed E-state index contributed by atoms with van der Waals surface area (Å²) in [6, 6.07) is 5.03. The molecule has 0 bridgehead atoms. The van der Waals surface area contributed by atoms with Gasteiger partial charge in [-0.3, -0.25) is 0 Å². The largest absolute Gasteiger partial charge is 0.0969 e. The predicted octanol–water partition coefficient (Wildman–Crippen LogP) is 7.90. The summed E-state index contributed by atoms with van der Waals surface area (Å²) in [5, 5.41) is 0. The summed E-state index contributed by atoms with van der Waals surface area (Å²) in [5.74, 6) is 0. The summed E-state index contributed by atoms with van der Waals surface area (Å²) in [6.45, 7) is 23.9. The van der Waals surface area contributed by atoms with Crippen LogP contribution in [-0.2, 0) is 12.3 Å². The summed E-state index contributed by atoms with van der Waals surface area (Å²) < 4.78 is 0. The summed E-state index contributed by atoms with van der Waals surface area (Å²) in [5.41, 5.74) is 9.49. The SMILES string of the molecule is Cc1cc(C)c(CP(C(C)C)C(C)C)cc1CP(C(C)C)C(C)C. The first-order valence-electron chi connectivity index (χ1n) is 9.65. The van der Waals surface area contributed by atoms with Crippen molar-refractivity contribution in [1.82, 2.24) is 0 Å². The van der Waals surface area contributed by atoms with E-state index in [2.05, 4.69) is 81.4 Å². The third-order valence-corrected chi connectivity index (χ3v) is 11.9. The van der Waals surface area contributed by atoms with Crippen LogP contribution in [0.5, 0.6) is 0 Å². The minimum Gasteiger partial charge on any atom is -0.0969 e. The Morgan fingerprint density at radius 2 is 0.875 bits per heavy atom. The molecule has 0 aliphatic carbocycles. The zero-order valence-corrected chi connectivity index (χ0v) is 19.6. The maximum atomic E-state index is 2.57. The normalized spacial score (nSPS) is 12.7. The van der Waals surface area contributed by atoms with Gasteiger partial charge in [0.1, 0.15) is 0 Å². The van der Waals surface area contributed by atoms with Crippen molar-refractivity contribution in [1.29, 1.82) is 0 Å². The molecule has 24 heavy (non-hydrogen) atoms. The molecule has 0 amide bonds. The zero-order chi connectivity index (χ0) is 18.6. The Balaban J connectivity index is 3.12. The number of rotatable bonds is 8. The first-order chi connectivity index (χ1) is 11.0. The van der Waals surface area contributed by atoms with E-state index in [1.54, 1.807) is 11.1 Å². The molecule has 0 unspecified atom stereocenters. The lowest BCUT2D eigenvalue weighted by Gasteiger charge is -2.29. The van der Waals surface area contributed by atoms with E-state index in [1.807, 2.05) is 0 Å².